The van der Waals surface area contributed by atoms with Gasteiger partial charge in [-0.05, 0) is 25.7 Å². The van der Waals surface area contributed by atoms with E-state index in [1.165, 1.54) is 0 Å². The summed E-state index contributed by atoms with van der Waals surface area (Å²) >= 11 is 0. The summed E-state index contributed by atoms with van der Waals surface area (Å²) in [4.78, 5) is 0. The quantitative estimate of drug-likeness (QED) is 0.246. The largest absolute Gasteiger partial charge is 0.319 e. The first-order valence-corrected chi connectivity index (χ1v) is 11.2. The molecule has 0 radical (unpaired) electrons. The normalized spacial score (nSPS) is 12.2. The molecule has 5 nitrogen and oxygen atoms in total. The van der Waals surface area contributed by atoms with Crippen LogP contribution in [0.4, 0.5) is 0 Å². The van der Waals surface area contributed by atoms with E-state index in [4.69, 9.17) is 22.9 Å². The third-order valence-corrected chi connectivity index (χ3v) is 7.66. The summed E-state index contributed by atoms with van der Waals surface area (Å²) in [6.45, 7) is 0. The molecule has 0 heterocycles. The minimum atomic E-state index is -2.32. The van der Waals surface area contributed by atoms with Crippen LogP contribution in [0.1, 0.15) is 51.4 Å². The minimum Gasteiger partial charge on any atom is -0.319 e. The van der Waals surface area contributed by atoms with Crippen LogP contribution in [0.5, 0.6) is 0 Å². The van der Waals surface area contributed by atoms with Crippen LogP contribution in [0.25, 0.3) is 0 Å². The fourth-order valence-corrected chi connectivity index (χ4v) is 5.84. The van der Waals surface area contributed by atoms with Crippen molar-refractivity contribution in [1.29, 1.82) is 0 Å². The van der Waals surface area contributed by atoms with Crippen LogP contribution in [-0.2, 0) is 4.57 Å². The molecule has 138 valence electrons. The summed E-state index contributed by atoms with van der Waals surface area (Å²) in [5.74, 6) is 0. The Morgan fingerprint density at radius 3 is 1.58 bits per heavy atom. The molecule has 0 aromatic heterocycles. The van der Waals surface area contributed by atoms with Crippen LogP contribution in [0, 0.1) is 0 Å². The summed E-state index contributed by atoms with van der Waals surface area (Å²) in [5.41, 5.74) is 22.3. The highest BCUT2D eigenvalue weighted by atomic mass is 31.2. The molecule has 6 heteroatoms. The highest BCUT2D eigenvalue weighted by molar-refractivity contribution is 7.71. The maximum atomic E-state index is 13.5. The van der Waals surface area contributed by atoms with Gasteiger partial charge in [-0.25, -0.2) is 0 Å². The van der Waals surface area contributed by atoms with E-state index in [0.29, 0.717) is 0 Å². The van der Waals surface area contributed by atoms with Crippen molar-refractivity contribution in [2.45, 2.75) is 63.7 Å². The third kappa shape index (κ3) is 8.95. The Labute approximate surface area is 146 Å². The van der Waals surface area contributed by atoms with E-state index in [0.717, 1.165) is 69.0 Å². The SMILES string of the molecule is NC(N)CCCCCP(=O)(CCCCCC(N)N)c1ccccc1. The van der Waals surface area contributed by atoms with Crippen LogP contribution in [0.3, 0.4) is 0 Å². The molecule has 0 atom stereocenters. The van der Waals surface area contributed by atoms with Crippen LogP contribution < -0.4 is 28.2 Å². The smallest absolute Gasteiger partial charge is 0.115 e. The van der Waals surface area contributed by atoms with Crippen molar-refractivity contribution >= 4 is 12.4 Å². The first-order chi connectivity index (χ1) is 11.4. The van der Waals surface area contributed by atoms with Gasteiger partial charge in [0.25, 0.3) is 0 Å². The first-order valence-electron chi connectivity index (χ1n) is 9.10. The zero-order chi connectivity index (χ0) is 17.8. The van der Waals surface area contributed by atoms with E-state index in [2.05, 4.69) is 0 Å². The summed E-state index contributed by atoms with van der Waals surface area (Å²) in [6, 6.07) is 9.93. The van der Waals surface area contributed by atoms with Gasteiger partial charge in [0.15, 0.2) is 0 Å². The van der Waals surface area contributed by atoms with Gasteiger partial charge in [0.05, 0.1) is 12.3 Å². The highest BCUT2D eigenvalue weighted by Crippen LogP contribution is 2.46. The summed E-state index contributed by atoms with van der Waals surface area (Å²) < 4.78 is 13.5. The molecule has 0 fully saturated rings. The van der Waals surface area contributed by atoms with E-state index in [1.54, 1.807) is 0 Å². The summed E-state index contributed by atoms with van der Waals surface area (Å²) in [6.07, 6.45) is 8.72. The van der Waals surface area contributed by atoms with Crippen molar-refractivity contribution in [3.05, 3.63) is 30.3 Å². The van der Waals surface area contributed by atoms with E-state index in [1.807, 2.05) is 30.3 Å². The fourth-order valence-electron chi connectivity index (χ4n) is 2.92. The lowest BCUT2D eigenvalue weighted by Gasteiger charge is -2.19. The van der Waals surface area contributed by atoms with E-state index in [-0.39, 0.29) is 12.3 Å². The van der Waals surface area contributed by atoms with Gasteiger partial charge in [0, 0.05) is 17.6 Å². The molecule has 0 saturated heterocycles. The monoisotopic (exact) mass is 354 g/mol. The average Bonchev–Trinajstić information content (AvgIpc) is 2.54. The van der Waals surface area contributed by atoms with Gasteiger partial charge in [-0.2, -0.15) is 0 Å². The molecule has 0 amide bonds. The predicted molar refractivity (Wildman–Crippen MR) is 105 cm³/mol. The number of unbranched alkanes of at least 4 members (excludes halogenated alkanes) is 4. The molecule has 1 rings (SSSR count). The van der Waals surface area contributed by atoms with Gasteiger partial charge in [0.2, 0.25) is 0 Å². The molecule has 24 heavy (non-hydrogen) atoms. The molecular weight excluding hydrogens is 319 g/mol. The second-order valence-electron chi connectivity index (χ2n) is 6.70. The predicted octanol–water partition coefficient (Wildman–Crippen LogP) is 2.28. The molecule has 0 aliphatic rings. The number of nitrogens with two attached hydrogens (primary N) is 4. The molecule has 0 spiro atoms. The topological polar surface area (TPSA) is 121 Å². The Balaban J connectivity index is 2.49. The molecule has 8 N–H and O–H groups in total. The Morgan fingerprint density at radius 2 is 1.17 bits per heavy atom. The van der Waals surface area contributed by atoms with Crippen LogP contribution >= 0.6 is 7.14 Å². The summed E-state index contributed by atoms with van der Waals surface area (Å²) in [5, 5.41) is 1.01. The van der Waals surface area contributed by atoms with Crippen LogP contribution in [0.2, 0.25) is 0 Å². The summed E-state index contributed by atoms with van der Waals surface area (Å²) in [7, 11) is -2.32. The van der Waals surface area contributed by atoms with Gasteiger partial charge in [-0.15, -0.1) is 0 Å². The van der Waals surface area contributed by atoms with Crippen LogP contribution in [-0.4, -0.2) is 24.7 Å². The lowest BCUT2D eigenvalue weighted by molar-refractivity contribution is 0.555. The molecular formula is C18H35N4OP. The zero-order valence-corrected chi connectivity index (χ0v) is 15.7. The van der Waals surface area contributed by atoms with E-state index in [9.17, 15) is 4.57 Å². The van der Waals surface area contributed by atoms with Gasteiger partial charge in [0.1, 0.15) is 7.14 Å². The second kappa shape index (κ2) is 11.8. The standard InChI is InChI=1S/C18H35N4OP/c19-17(20)12-6-2-8-14-24(23,16-10-4-1-5-11-16)15-9-3-7-13-18(21)22/h1,4-5,10-11,17-18H,2-3,6-9,12-15,19-22H2. The second-order valence-corrected chi connectivity index (χ2v) is 9.89. The van der Waals surface area contributed by atoms with Crippen molar-refractivity contribution in [3.63, 3.8) is 0 Å². The van der Waals surface area contributed by atoms with Gasteiger partial charge in [-0.1, -0.05) is 56.0 Å². The molecule has 0 unspecified atom stereocenters. The Morgan fingerprint density at radius 1 is 0.708 bits per heavy atom. The van der Waals surface area contributed by atoms with E-state index >= 15 is 0 Å². The lowest BCUT2D eigenvalue weighted by atomic mass is 10.2. The molecule has 1 aromatic carbocycles. The fraction of sp³-hybridized carbons (Fsp3) is 0.667. The Bertz CT molecular complexity index is 457. The molecule has 1 aromatic rings. The Kier molecular flexibility index (Phi) is 10.5. The lowest BCUT2D eigenvalue weighted by Crippen LogP contribution is -2.29. The zero-order valence-electron chi connectivity index (χ0n) is 14.8. The van der Waals surface area contributed by atoms with Gasteiger partial charge >= 0.3 is 0 Å². The van der Waals surface area contributed by atoms with Gasteiger partial charge < -0.3 is 27.5 Å². The molecule has 0 aliphatic carbocycles. The van der Waals surface area contributed by atoms with Crippen molar-refractivity contribution in [1.82, 2.24) is 0 Å². The van der Waals surface area contributed by atoms with Crippen molar-refractivity contribution < 1.29 is 4.57 Å². The van der Waals surface area contributed by atoms with Crippen molar-refractivity contribution in [3.8, 4) is 0 Å². The molecule has 0 saturated carbocycles. The minimum absolute atomic E-state index is 0.236. The molecule has 0 bridgehead atoms. The molecule has 0 aliphatic heterocycles. The van der Waals surface area contributed by atoms with Gasteiger partial charge in [-0.3, -0.25) is 0 Å². The number of benzene rings is 1. The maximum absolute atomic E-state index is 13.5. The average molecular weight is 354 g/mol. The number of hydrogen-bond donors (Lipinski definition) is 4. The highest BCUT2D eigenvalue weighted by Gasteiger charge is 2.23. The van der Waals surface area contributed by atoms with Crippen LogP contribution in [0.15, 0.2) is 30.3 Å². The maximum Gasteiger partial charge on any atom is 0.115 e. The third-order valence-electron chi connectivity index (χ3n) is 4.34. The first kappa shape index (κ1) is 21.3. The Hall–Kier alpha value is -0.710. The number of hydrogen-bond acceptors (Lipinski definition) is 5. The van der Waals surface area contributed by atoms with E-state index < -0.39 is 7.14 Å². The van der Waals surface area contributed by atoms with Crippen molar-refractivity contribution in [2.75, 3.05) is 12.3 Å². The van der Waals surface area contributed by atoms with Crippen molar-refractivity contribution in [2.24, 2.45) is 22.9 Å². The number of rotatable bonds is 13.